The molecule has 0 bridgehead atoms. The van der Waals surface area contributed by atoms with Crippen LogP contribution in [0.15, 0.2) is 48.1 Å². The van der Waals surface area contributed by atoms with Gasteiger partial charge in [-0.25, -0.2) is 0 Å². The summed E-state index contributed by atoms with van der Waals surface area (Å²) in [6.07, 6.45) is 1.32. The van der Waals surface area contributed by atoms with Crippen LogP contribution in [0, 0.1) is 0 Å². The van der Waals surface area contributed by atoms with Gasteiger partial charge in [0, 0.05) is 5.30 Å². The predicted octanol–water partition coefficient (Wildman–Crippen LogP) is 1.78. The number of rotatable bonds is 4. The fraction of sp³-hybridized carbons (Fsp3) is 0.100. The first-order valence-corrected chi connectivity index (χ1v) is 7.09. The third kappa shape index (κ3) is 3.45. The highest BCUT2D eigenvalue weighted by Gasteiger charge is 2.19. The highest BCUT2D eigenvalue weighted by molar-refractivity contribution is 8.13. The van der Waals surface area contributed by atoms with Gasteiger partial charge >= 0.3 is 0 Å². The average Bonchev–Trinajstić information content (AvgIpc) is 2.29. The molecule has 16 heavy (non-hydrogen) atoms. The SMILES string of the molecule is C=CC(=NOC)OP(O)(=S)c1ccccc1. The van der Waals surface area contributed by atoms with Crippen LogP contribution in [0.5, 0.6) is 0 Å². The number of benzene rings is 1. The molecule has 1 rings (SSSR count). The van der Waals surface area contributed by atoms with E-state index in [1.807, 2.05) is 6.07 Å². The predicted molar refractivity (Wildman–Crippen MR) is 68.3 cm³/mol. The van der Waals surface area contributed by atoms with Crippen molar-refractivity contribution in [2.45, 2.75) is 0 Å². The van der Waals surface area contributed by atoms with Crippen LogP contribution in [-0.2, 0) is 21.2 Å². The smallest absolute Gasteiger partial charge is 0.268 e. The lowest BCUT2D eigenvalue weighted by Crippen LogP contribution is -2.09. The Morgan fingerprint density at radius 1 is 1.50 bits per heavy atom. The molecule has 1 aromatic carbocycles. The Morgan fingerprint density at radius 2 is 2.12 bits per heavy atom. The standard InChI is InChI=1S/C10H12NO3PS/c1-3-10(11-13-2)14-15(12,16)9-7-5-4-6-8-9/h3-8H,1H2,2H3,(H,12,16). The first-order chi connectivity index (χ1) is 7.60. The average molecular weight is 257 g/mol. The lowest BCUT2D eigenvalue weighted by atomic mass is 10.4. The fourth-order valence-electron chi connectivity index (χ4n) is 0.977. The van der Waals surface area contributed by atoms with Crippen molar-refractivity contribution in [1.82, 2.24) is 0 Å². The summed E-state index contributed by atoms with van der Waals surface area (Å²) in [5, 5.41) is 4.08. The lowest BCUT2D eigenvalue weighted by molar-refractivity contribution is 0.206. The summed E-state index contributed by atoms with van der Waals surface area (Å²) < 4.78 is 5.20. The molecule has 0 fully saturated rings. The molecular formula is C10H12NO3PS. The maximum atomic E-state index is 10.0. The van der Waals surface area contributed by atoms with E-state index in [9.17, 15) is 4.89 Å². The van der Waals surface area contributed by atoms with Gasteiger partial charge in [-0.2, -0.15) is 0 Å². The molecule has 0 amide bonds. The van der Waals surface area contributed by atoms with Crippen LogP contribution in [0.4, 0.5) is 0 Å². The lowest BCUT2D eigenvalue weighted by Gasteiger charge is -2.16. The van der Waals surface area contributed by atoms with Crippen LogP contribution in [-0.4, -0.2) is 17.9 Å². The summed E-state index contributed by atoms with van der Waals surface area (Å²) in [6.45, 7) is 0.386. The van der Waals surface area contributed by atoms with E-state index in [0.717, 1.165) is 0 Å². The summed E-state index contributed by atoms with van der Waals surface area (Å²) in [5.41, 5.74) is 0. The van der Waals surface area contributed by atoms with Crippen LogP contribution in [0.1, 0.15) is 0 Å². The van der Waals surface area contributed by atoms with Crippen molar-refractivity contribution < 1.29 is 14.3 Å². The van der Waals surface area contributed by atoms with Gasteiger partial charge in [0.25, 0.3) is 12.4 Å². The Hall–Kier alpha value is -1.16. The molecule has 0 aliphatic carbocycles. The van der Waals surface area contributed by atoms with Gasteiger partial charge in [0.05, 0.1) is 0 Å². The van der Waals surface area contributed by atoms with Gasteiger partial charge in [-0.3, -0.25) is 0 Å². The molecule has 0 aliphatic rings. The van der Waals surface area contributed by atoms with Crippen molar-refractivity contribution >= 4 is 29.5 Å². The third-order valence-corrected chi connectivity index (χ3v) is 3.90. The maximum Gasteiger partial charge on any atom is 0.268 e. The zero-order valence-corrected chi connectivity index (χ0v) is 10.4. The topological polar surface area (TPSA) is 51.0 Å². The molecule has 0 aromatic heterocycles. The van der Waals surface area contributed by atoms with Crippen molar-refractivity contribution in [3.05, 3.63) is 43.0 Å². The highest BCUT2D eigenvalue weighted by atomic mass is 32.5. The summed E-state index contributed by atoms with van der Waals surface area (Å²) in [6, 6.07) is 8.78. The van der Waals surface area contributed by atoms with Crippen LogP contribution in [0.3, 0.4) is 0 Å². The molecule has 0 spiro atoms. The van der Waals surface area contributed by atoms with Gasteiger partial charge in [0.15, 0.2) is 0 Å². The minimum Gasteiger partial charge on any atom is -0.419 e. The Morgan fingerprint density at radius 3 is 2.62 bits per heavy atom. The van der Waals surface area contributed by atoms with Crippen molar-refractivity contribution in [2.75, 3.05) is 7.11 Å². The molecule has 0 saturated heterocycles. The molecule has 6 heteroatoms. The second kappa shape index (κ2) is 5.80. The monoisotopic (exact) mass is 257 g/mol. The molecule has 1 N–H and O–H groups in total. The minimum atomic E-state index is -3.10. The fourth-order valence-corrected chi connectivity index (χ4v) is 2.59. The Labute approximate surface area is 99.4 Å². The zero-order valence-electron chi connectivity index (χ0n) is 8.74. The van der Waals surface area contributed by atoms with Gasteiger partial charge in [-0.05, 0) is 35.2 Å². The van der Waals surface area contributed by atoms with Crippen molar-refractivity contribution in [3.63, 3.8) is 0 Å². The van der Waals surface area contributed by atoms with Gasteiger partial charge < -0.3 is 14.3 Å². The van der Waals surface area contributed by atoms with E-state index in [2.05, 4.69) is 16.6 Å². The van der Waals surface area contributed by atoms with Crippen LogP contribution in [0.25, 0.3) is 0 Å². The molecule has 1 unspecified atom stereocenters. The second-order valence-electron chi connectivity index (χ2n) is 2.76. The molecule has 0 saturated carbocycles. The minimum absolute atomic E-state index is 0.0668. The van der Waals surface area contributed by atoms with Gasteiger partial charge in [-0.1, -0.05) is 24.8 Å². The van der Waals surface area contributed by atoms with Crippen LogP contribution < -0.4 is 5.30 Å². The Bertz CT molecular complexity index is 433. The largest absolute Gasteiger partial charge is 0.419 e. The molecule has 0 heterocycles. The Kier molecular flexibility index (Phi) is 4.68. The van der Waals surface area contributed by atoms with E-state index >= 15 is 0 Å². The maximum absolute atomic E-state index is 10.0. The number of oxime groups is 1. The molecule has 1 atom stereocenters. The van der Waals surface area contributed by atoms with E-state index in [4.69, 9.17) is 16.3 Å². The summed E-state index contributed by atoms with van der Waals surface area (Å²) in [5.74, 6) is 0.0668. The van der Waals surface area contributed by atoms with Crippen molar-refractivity contribution in [1.29, 1.82) is 0 Å². The summed E-state index contributed by atoms with van der Waals surface area (Å²) in [4.78, 5) is 14.6. The summed E-state index contributed by atoms with van der Waals surface area (Å²) in [7, 11) is 1.37. The first-order valence-electron chi connectivity index (χ1n) is 4.41. The molecule has 86 valence electrons. The van der Waals surface area contributed by atoms with Gasteiger partial charge in [0.2, 0.25) is 0 Å². The molecule has 4 nitrogen and oxygen atoms in total. The first kappa shape index (κ1) is 12.9. The summed E-state index contributed by atoms with van der Waals surface area (Å²) >= 11 is 5.03. The van der Waals surface area contributed by atoms with E-state index in [1.54, 1.807) is 24.3 Å². The van der Waals surface area contributed by atoms with E-state index in [0.29, 0.717) is 5.30 Å². The zero-order chi connectivity index (χ0) is 12.0. The highest BCUT2D eigenvalue weighted by Crippen LogP contribution is 2.41. The van der Waals surface area contributed by atoms with Crippen molar-refractivity contribution in [3.8, 4) is 0 Å². The van der Waals surface area contributed by atoms with Gasteiger partial charge in [0.1, 0.15) is 7.11 Å². The van der Waals surface area contributed by atoms with E-state index in [1.165, 1.54) is 13.2 Å². The number of hydrogen-bond acceptors (Lipinski definition) is 4. The molecule has 1 aromatic rings. The van der Waals surface area contributed by atoms with Crippen molar-refractivity contribution in [2.24, 2.45) is 5.16 Å². The third-order valence-electron chi connectivity index (χ3n) is 1.66. The molecular weight excluding hydrogens is 245 g/mol. The quantitative estimate of drug-likeness (QED) is 0.386. The molecule has 0 radical (unpaired) electrons. The number of nitrogens with zero attached hydrogens (tertiary/aromatic N) is 1. The second-order valence-corrected chi connectivity index (χ2v) is 5.99. The van der Waals surface area contributed by atoms with E-state index < -0.39 is 6.49 Å². The van der Waals surface area contributed by atoms with E-state index in [-0.39, 0.29) is 5.90 Å². The normalized spacial score (nSPS) is 15.0. The molecule has 0 aliphatic heterocycles. The number of hydrogen-bond donors (Lipinski definition) is 1. The van der Waals surface area contributed by atoms with Gasteiger partial charge in [-0.15, -0.1) is 0 Å². The Balaban J connectivity index is 2.92. The van der Waals surface area contributed by atoms with Crippen LogP contribution in [0.2, 0.25) is 0 Å². The van der Waals surface area contributed by atoms with Crippen LogP contribution >= 0.6 is 6.49 Å².